The minimum Gasteiger partial charge on any atom is -0.471 e. The zero-order valence-electron chi connectivity index (χ0n) is 12.8. The van der Waals surface area contributed by atoms with E-state index in [1.54, 1.807) is 12.3 Å². The van der Waals surface area contributed by atoms with Crippen molar-refractivity contribution in [2.24, 2.45) is 5.92 Å². The lowest BCUT2D eigenvalue weighted by Crippen LogP contribution is -2.45. The molecule has 0 aromatic carbocycles. The van der Waals surface area contributed by atoms with E-state index in [0.29, 0.717) is 0 Å². The van der Waals surface area contributed by atoms with E-state index in [0.717, 1.165) is 51.5 Å². The van der Waals surface area contributed by atoms with Gasteiger partial charge in [-0.15, -0.1) is 12.4 Å². The van der Waals surface area contributed by atoms with Crippen molar-refractivity contribution in [1.29, 1.82) is 0 Å². The van der Waals surface area contributed by atoms with Crippen molar-refractivity contribution in [3.8, 4) is 5.88 Å². The van der Waals surface area contributed by atoms with Crippen molar-refractivity contribution >= 4 is 12.4 Å². The Bertz CT molecular complexity index is 457. The van der Waals surface area contributed by atoms with Gasteiger partial charge in [0, 0.05) is 19.3 Å². The Hall–Kier alpha value is -0.910. The SMILES string of the molecule is Cl.Fc1cccnc1OC1CCCN(CC2CCCNC2)C1. The van der Waals surface area contributed by atoms with Gasteiger partial charge in [-0.3, -0.25) is 4.90 Å². The highest BCUT2D eigenvalue weighted by molar-refractivity contribution is 5.85. The highest BCUT2D eigenvalue weighted by Crippen LogP contribution is 2.21. The number of nitrogens with zero attached hydrogens (tertiary/aromatic N) is 2. The molecule has 3 rings (SSSR count). The van der Waals surface area contributed by atoms with E-state index in [-0.39, 0.29) is 30.2 Å². The molecule has 0 saturated carbocycles. The number of piperidine rings is 2. The maximum atomic E-state index is 13.6. The standard InChI is InChI=1S/C16H24FN3O.ClH/c17-15-6-2-8-19-16(15)21-14-5-3-9-20(12-14)11-13-4-1-7-18-10-13;/h2,6,8,13-14,18H,1,3-5,7,9-12H2;1H. The Balaban J connectivity index is 0.00000176. The monoisotopic (exact) mass is 329 g/mol. The van der Waals surface area contributed by atoms with Crippen LogP contribution < -0.4 is 10.1 Å². The van der Waals surface area contributed by atoms with Gasteiger partial charge in [-0.05, 0) is 63.4 Å². The third-order valence-corrected chi connectivity index (χ3v) is 4.38. The molecular weight excluding hydrogens is 305 g/mol. The first-order valence-corrected chi connectivity index (χ1v) is 8.01. The van der Waals surface area contributed by atoms with Crippen LogP contribution in [0, 0.1) is 11.7 Å². The number of hydrogen-bond donors (Lipinski definition) is 1. The number of hydrogen-bond acceptors (Lipinski definition) is 4. The number of nitrogens with one attached hydrogen (secondary N) is 1. The van der Waals surface area contributed by atoms with Crippen LogP contribution >= 0.6 is 12.4 Å². The van der Waals surface area contributed by atoms with E-state index in [2.05, 4.69) is 15.2 Å². The molecule has 1 aromatic rings. The average Bonchev–Trinajstić information content (AvgIpc) is 2.51. The smallest absolute Gasteiger partial charge is 0.250 e. The summed E-state index contributed by atoms with van der Waals surface area (Å²) in [6.45, 7) is 5.41. The van der Waals surface area contributed by atoms with E-state index in [9.17, 15) is 4.39 Å². The summed E-state index contributed by atoms with van der Waals surface area (Å²) in [4.78, 5) is 6.45. The number of rotatable bonds is 4. The molecule has 1 N–H and O–H groups in total. The second kappa shape index (κ2) is 8.65. The first-order valence-electron chi connectivity index (χ1n) is 8.01. The lowest BCUT2D eigenvalue weighted by Gasteiger charge is -2.35. The summed E-state index contributed by atoms with van der Waals surface area (Å²) in [6.07, 6.45) is 6.31. The van der Waals surface area contributed by atoms with Crippen LogP contribution in [0.1, 0.15) is 25.7 Å². The van der Waals surface area contributed by atoms with E-state index in [1.165, 1.54) is 18.9 Å². The van der Waals surface area contributed by atoms with Crippen LogP contribution in [0.25, 0.3) is 0 Å². The fourth-order valence-corrected chi connectivity index (χ4v) is 3.34. The fraction of sp³-hybridized carbons (Fsp3) is 0.688. The minimum atomic E-state index is -0.369. The molecule has 0 aliphatic carbocycles. The molecule has 124 valence electrons. The van der Waals surface area contributed by atoms with Crippen molar-refractivity contribution < 1.29 is 9.13 Å². The Morgan fingerprint density at radius 2 is 2.27 bits per heavy atom. The van der Waals surface area contributed by atoms with Crippen molar-refractivity contribution in [3.05, 3.63) is 24.1 Å². The molecule has 2 atom stereocenters. The lowest BCUT2D eigenvalue weighted by molar-refractivity contribution is 0.0695. The largest absolute Gasteiger partial charge is 0.471 e. The van der Waals surface area contributed by atoms with Gasteiger partial charge < -0.3 is 10.1 Å². The van der Waals surface area contributed by atoms with Crippen LogP contribution in [0.15, 0.2) is 18.3 Å². The zero-order valence-corrected chi connectivity index (χ0v) is 13.7. The lowest BCUT2D eigenvalue weighted by atomic mass is 9.97. The summed E-state index contributed by atoms with van der Waals surface area (Å²) in [5.41, 5.74) is 0. The molecular formula is C16H25ClFN3O. The van der Waals surface area contributed by atoms with Gasteiger partial charge in [0.1, 0.15) is 6.10 Å². The molecule has 2 aliphatic rings. The molecule has 4 nitrogen and oxygen atoms in total. The number of ether oxygens (including phenoxy) is 1. The molecule has 0 amide bonds. The van der Waals surface area contributed by atoms with Gasteiger partial charge in [-0.1, -0.05) is 0 Å². The molecule has 2 aliphatic heterocycles. The van der Waals surface area contributed by atoms with Crippen LogP contribution in [-0.2, 0) is 0 Å². The third kappa shape index (κ3) is 4.80. The predicted octanol–water partition coefficient (Wildman–Crippen LogP) is 2.49. The predicted molar refractivity (Wildman–Crippen MR) is 87.1 cm³/mol. The van der Waals surface area contributed by atoms with Crippen molar-refractivity contribution in [1.82, 2.24) is 15.2 Å². The van der Waals surface area contributed by atoms with Crippen molar-refractivity contribution in [2.45, 2.75) is 31.8 Å². The fourth-order valence-electron chi connectivity index (χ4n) is 3.34. The summed E-state index contributed by atoms with van der Waals surface area (Å²) in [5, 5.41) is 3.47. The maximum absolute atomic E-state index is 13.6. The average molecular weight is 330 g/mol. The van der Waals surface area contributed by atoms with E-state index < -0.39 is 0 Å². The molecule has 2 unspecified atom stereocenters. The Kier molecular flexibility index (Phi) is 6.86. The second-order valence-corrected chi connectivity index (χ2v) is 6.14. The van der Waals surface area contributed by atoms with Gasteiger partial charge in [-0.25, -0.2) is 9.37 Å². The topological polar surface area (TPSA) is 37.4 Å². The van der Waals surface area contributed by atoms with E-state index in [1.807, 2.05) is 0 Å². The molecule has 2 fully saturated rings. The van der Waals surface area contributed by atoms with Crippen LogP contribution in [0.3, 0.4) is 0 Å². The van der Waals surface area contributed by atoms with Crippen LogP contribution in [0.4, 0.5) is 4.39 Å². The number of halogens is 2. The Morgan fingerprint density at radius 1 is 1.36 bits per heavy atom. The van der Waals surface area contributed by atoms with E-state index in [4.69, 9.17) is 4.74 Å². The normalized spacial score (nSPS) is 26.2. The van der Waals surface area contributed by atoms with Crippen molar-refractivity contribution in [2.75, 3.05) is 32.7 Å². The number of aromatic nitrogens is 1. The maximum Gasteiger partial charge on any atom is 0.250 e. The molecule has 6 heteroatoms. The Labute approximate surface area is 137 Å². The first kappa shape index (κ1) is 17.4. The van der Waals surface area contributed by atoms with Gasteiger partial charge in [0.15, 0.2) is 5.82 Å². The molecule has 3 heterocycles. The molecule has 0 bridgehead atoms. The minimum absolute atomic E-state index is 0. The molecule has 0 radical (unpaired) electrons. The number of pyridine rings is 1. The highest BCUT2D eigenvalue weighted by atomic mass is 35.5. The van der Waals surface area contributed by atoms with E-state index >= 15 is 0 Å². The Morgan fingerprint density at radius 3 is 3.05 bits per heavy atom. The third-order valence-electron chi connectivity index (χ3n) is 4.38. The van der Waals surface area contributed by atoms with Gasteiger partial charge >= 0.3 is 0 Å². The number of likely N-dealkylation sites (tertiary alicyclic amines) is 1. The van der Waals surface area contributed by atoms with Gasteiger partial charge in [0.05, 0.1) is 0 Å². The van der Waals surface area contributed by atoms with Crippen LogP contribution in [-0.4, -0.2) is 48.7 Å². The molecule has 22 heavy (non-hydrogen) atoms. The van der Waals surface area contributed by atoms with Gasteiger partial charge in [-0.2, -0.15) is 0 Å². The van der Waals surface area contributed by atoms with Crippen LogP contribution in [0.5, 0.6) is 5.88 Å². The summed E-state index contributed by atoms with van der Waals surface area (Å²) >= 11 is 0. The molecule has 2 saturated heterocycles. The summed E-state index contributed by atoms with van der Waals surface area (Å²) in [7, 11) is 0. The molecule has 0 spiro atoms. The quantitative estimate of drug-likeness (QED) is 0.921. The highest BCUT2D eigenvalue weighted by Gasteiger charge is 2.25. The first-order chi connectivity index (χ1) is 10.3. The van der Waals surface area contributed by atoms with Gasteiger partial charge in [0.2, 0.25) is 0 Å². The molecule has 1 aromatic heterocycles. The zero-order chi connectivity index (χ0) is 14.5. The second-order valence-electron chi connectivity index (χ2n) is 6.14. The summed E-state index contributed by atoms with van der Waals surface area (Å²) in [6, 6.07) is 2.99. The van der Waals surface area contributed by atoms with Crippen molar-refractivity contribution in [3.63, 3.8) is 0 Å². The summed E-state index contributed by atoms with van der Waals surface area (Å²) in [5.74, 6) is 0.513. The summed E-state index contributed by atoms with van der Waals surface area (Å²) < 4.78 is 19.4. The van der Waals surface area contributed by atoms with Crippen LogP contribution in [0.2, 0.25) is 0 Å². The van der Waals surface area contributed by atoms with Gasteiger partial charge in [0.25, 0.3) is 5.88 Å².